The van der Waals surface area contributed by atoms with Crippen LogP contribution in [-0.2, 0) is 4.79 Å². The van der Waals surface area contributed by atoms with Crippen molar-refractivity contribution in [3.63, 3.8) is 0 Å². The normalized spacial score (nSPS) is 12.1. The molecule has 0 aliphatic carbocycles. The molecule has 1 unspecified atom stereocenters. The zero-order valence-electron chi connectivity index (χ0n) is 12.2. The van der Waals surface area contributed by atoms with Crippen molar-refractivity contribution in [1.82, 2.24) is 4.98 Å². The molecular formula is C18H16N2O2. The summed E-state index contributed by atoms with van der Waals surface area (Å²) in [6.07, 6.45) is 0.840. The fraction of sp³-hybridized carbons (Fsp3) is 0.111. The highest BCUT2D eigenvalue weighted by atomic mass is 16.3. The first-order valence-electron chi connectivity index (χ1n) is 7.05. The predicted molar refractivity (Wildman–Crippen MR) is 86.6 cm³/mol. The number of anilines is 1. The van der Waals surface area contributed by atoms with Crippen LogP contribution in [0.1, 0.15) is 24.3 Å². The van der Waals surface area contributed by atoms with Crippen LogP contribution in [0.4, 0.5) is 5.69 Å². The zero-order chi connectivity index (χ0) is 15.5. The van der Waals surface area contributed by atoms with Crippen LogP contribution in [0.15, 0.2) is 60.8 Å². The van der Waals surface area contributed by atoms with Crippen LogP contribution in [0.25, 0.3) is 10.8 Å². The Balaban J connectivity index is 2.13. The number of aliphatic hydroxyl groups is 1. The molecule has 0 fully saturated rings. The Morgan fingerprint density at radius 3 is 2.55 bits per heavy atom. The molecule has 0 spiro atoms. The Morgan fingerprint density at radius 2 is 1.82 bits per heavy atom. The van der Waals surface area contributed by atoms with Crippen LogP contribution >= 0.6 is 0 Å². The Hall–Kier alpha value is -2.72. The maximum absolute atomic E-state index is 11.3. The molecule has 22 heavy (non-hydrogen) atoms. The fourth-order valence-electron chi connectivity index (χ4n) is 2.54. The van der Waals surface area contributed by atoms with E-state index < -0.39 is 6.10 Å². The van der Waals surface area contributed by atoms with Gasteiger partial charge in [-0.15, -0.1) is 0 Å². The second-order valence-corrected chi connectivity index (χ2v) is 5.09. The summed E-state index contributed by atoms with van der Waals surface area (Å²) in [4.78, 5) is 15.7. The monoisotopic (exact) mass is 292 g/mol. The van der Waals surface area contributed by atoms with Crippen LogP contribution in [-0.4, -0.2) is 16.0 Å². The molecule has 2 aromatic carbocycles. The van der Waals surface area contributed by atoms with Gasteiger partial charge in [0.05, 0.1) is 5.69 Å². The molecule has 110 valence electrons. The third kappa shape index (κ3) is 2.69. The van der Waals surface area contributed by atoms with E-state index in [1.54, 1.807) is 6.20 Å². The van der Waals surface area contributed by atoms with Crippen LogP contribution < -0.4 is 5.32 Å². The lowest BCUT2D eigenvalue weighted by Crippen LogP contribution is -2.07. The van der Waals surface area contributed by atoms with E-state index in [1.165, 1.54) is 6.92 Å². The Bertz CT molecular complexity index is 816. The van der Waals surface area contributed by atoms with Gasteiger partial charge >= 0.3 is 0 Å². The SMILES string of the molecule is CC(=O)Nc1cccc2c(C(O)c3ccccc3)nccc12. The van der Waals surface area contributed by atoms with E-state index in [1.807, 2.05) is 54.6 Å². The summed E-state index contributed by atoms with van der Waals surface area (Å²) in [5, 5.41) is 15.1. The summed E-state index contributed by atoms with van der Waals surface area (Å²) in [5.41, 5.74) is 2.08. The van der Waals surface area contributed by atoms with Gasteiger partial charge in [0.1, 0.15) is 6.10 Å². The second-order valence-electron chi connectivity index (χ2n) is 5.09. The number of hydrogen-bond donors (Lipinski definition) is 2. The highest BCUT2D eigenvalue weighted by Crippen LogP contribution is 2.30. The van der Waals surface area contributed by atoms with Crippen molar-refractivity contribution in [1.29, 1.82) is 0 Å². The van der Waals surface area contributed by atoms with Gasteiger partial charge in [-0.2, -0.15) is 0 Å². The van der Waals surface area contributed by atoms with Crippen molar-refractivity contribution in [3.05, 3.63) is 72.1 Å². The van der Waals surface area contributed by atoms with Crippen molar-refractivity contribution in [2.24, 2.45) is 0 Å². The lowest BCUT2D eigenvalue weighted by Gasteiger charge is -2.14. The van der Waals surface area contributed by atoms with E-state index in [4.69, 9.17) is 0 Å². The molecule has 0 saturated heterocycles. The van der Waals surface area contributed by atoms with Crippen LogP contribution in [0.3, 0.4) is 0 Å². The average molecular weight is 292 g/mol. The highest BCUT2D eigenvalue weighted by Gasteiger charge is 2.16. The molecule has 1 atom stereocenters. The van der Waals surface area contributed by atoms with Crippen LogP contribution in [0.2, 0.25) is 0 Å². The molecule has 0 bridgehead atoms. The third-order valence-electron chi connectivity index (χ3n) is 3.52. The first-order chi connectivity index (χ1) is 10.7. The second kappa shape index (κ2) is 5.95. The third-order valence-corrected chi connectivity index (χ3v) is 3.52. The highest BCUT2D eigenvalue weighted by molar-refractivity contribution is 6.02. The number of carbonyl (C=O) groups excluding carboxylic acids is 1. The standard InChI is InChI=1S/C18H16N2O2/c1-12(21)20-16-9-5-8-15-14(16)10-11-19-17(15)18(22)13-6-3-2-4-7-13/h2-11,18,22H,1H3,(H,20,21). The summed E-state index contributed by atoms with van der Waals surface area (Å²) < 4.78 is 0. The maximum atomic E-state index is 11.3. The molecule has 1 aromatic heterocycles. The van der Waals surface area contributed by atoms with E-state index in [0.717, 1.165) is 16.3 Å². The molecule has 1 heterocycles. The maximum Gasteiger partial charge on any atom is 0.221 e. The average Bonchev–Trinajstić information content (AvgIpc) is 2.54. The van der Waals surface area contributed by atoms with E-state index in [2.05, 4.69) is 10.3 Å². The number of benzene rings is 2. The number of aliphatic hydroxyl groups excluding tert-OH is 1. The van der Waals surface area contributed by atoms with Crippen molar-refractivity contribution in [2.75, 3.05) is 5.32 Å². The van der Waals surface area contributed by atoms with Gasteiger partial charge in [-0.05, 0) is 17.7 Å². The first-order valence-corrected chi connectivity index (χ1v) is 7.05. The number of carbonyl (C=O) groups is 1. The molecule has 3 rings (SSSR count). The lowest BCUT2D eigenvalue weighted by atomic mass is 10.0. The lowest BCUT2D eigenvalue weighted by molar-refractivity contribution is -0.114. The summed E-state index contributed by atoms with van der Waals surface area (Å²) in [6, 6.07) is 16.8. The van der Waals surface area contributed by atoms with Gasteiger partial charge in [-0.25, -0.2) is 0 Å². The van der Waals surface area contributed by atoms with E-state index in [9.17, 15) is 9.90 Å². The summed E-state index contributed by atoms with van der Waals surface area (Å²) in [7, 11) is 0. The summed E-state index contributed by atoms with van der Waals surface area (Å²) >= 11 is 0. The number of pyridine rings is 1. The minimum Gasteiger partial charge on any atom is -0.382 e. The van der Waals surface area contributed by atoms with E-state index in [-0.39, 0.29) is 5.91 Å². The smallest absolute Gasteiger partial charge is 0.221 e. The topological polar surface area (TPSA) is 62.2 Å². The number of amides is 1. The van der Waals surface area contributed by atoms with E-state index in [0.29, 0.717) is 11.4 Å². The van der Waals surface area contributed by atoms with Crippen molar-refractivity contribution >= 4 is 22.4 Å². The van der Waals surface area contributed by atoms with Crippen molar-refractivity contribution < 1.29 is 9.90 Å². The minimum absolute atomic E-state index is 0.130. The molecular weight excluding hydrogens is 276 g/mol. The Kier molecular flexibility index (Phi) is 3.85. The zero-order valence-corrected chi connectivity index (χ0v) is 12.2. The molecule has 1 amide bonds. The summed E-state index contributed by atoms with van der Waals surface area (Å²) in [5.74, 6) is -0.130. The molecule has 4 heteroatoms. The van der Waals surface area contributed by atoms with Crippen molar-refractivity contribution in [3.8, 4) is 0 Å². The van der Waals surface area contributed by atoms with Crippen LogP contribution in [0.5, 0.6) is 0 Å². The van der Waals surface area contributed by atoms with Crippen LogP contribution in [0, 0.1) is 0 Å². The molecule has 0 saturated carbocycles. The Labute approximate surface area is 128 Å². The number of fused-ring (bicyclic) bond motifs is 1. The molecule has 0 aliphatic rings. The van der Waals surface area contributed by atoms with Gasteiger partial charge in [-0.1, -0.05) is 42.5 Å². The molecule has 2 N–H and O–H groups in total. The molecule has 3 aromatic rings. The molecule has 4 nitrogen and oxygen atoms in total. The largest absolute Gasteiger partial charge is 0.382 e. The first kappa shape index (κ1) is 14.2. The van der Waals surface area contributed by atoms with Gasteiger partial charge in [0, 0.05) is 29.6 Å². The Morgan fingerprint density at radius 1 is 1.05 bits per heavy atom. The number of nitrogens with zero attached hydrogens (tertiary/aromatic N) is 1. The van der Waals surface area contributed by atoms with Gasteiger partial charge in [0.15, 0.2) is 0 Å². The van der Waals surface area contributed by atoms with Crippen molar-refractivity contribution in [2.45, 2.75) is 13.0 Å². The fourth-order valence-corrected chi connectivity index (χ4v) is 2.54. The summed E-state index contributed by atoms with van der Waals surface area (Å²) in [6.45, 7) is 1.47. The van der Waals surface area contributed by atoms with Gasteiger partial charge < -0.3 is 10.4 Å². The van der Waals surface area contributed by atoms with Gasteiger partial charge in [0.2, 0.25) is 5.91 Å². The van der Waals surface area contributed by atoms with Gasteiger partial charge in [0.25, 0.3) is 0 Å². The minimum atomic E-state index is -0.808. The number of hydrogen-bond acceptors (Lipinski definition) is 3. The van der Waals surface area contributed by atoms with E-state index >= 15 is 0 Å². The molecule has 0 radical (unpaired) electrons. The van der Waals surface area contributed by atoms with Gasteiger partial charge in [-0.3, -0.25) is 9.78 Å². The predicted octanol–water partition coefficient (Wildman–Crippen LogP) is 3.27. The number of rotatable bonds is 3. The molecule has 0 aliphatic heterocycles. The number of nitrogens with one attached hydrogen (secondary N) is 1. The number of aromatic nitrogens is 1. The quantitative estimate of drug-likeness (QED) is 0.778.